The molecule has 0 aliphatic heterocycles. The third-order valence-corrected chi connectivity index (χ3v) is 11.7. The zero-order chi connectivity index (χ0) is 16.5. The molecule has 0 heterocycles. The molecular formula is C19H29BrOSi. The van der Waals surface area contributed by atoms with Crippen LogP contribution < -0.4 is 10.4 Å². The van der Waals surface area contributed by atoms with E-state index in [1.165, 1.54) is 10.4 Å². The molecule has 0 saturated carbocycles. The summed E-state index contributed by atoms with van der Waals surface area (Å²) < 4.78 is 8.03. The van der Waals surface area contributed by atoms with Crippen LogP contribution in [0, 0.1) is 0 Å². The van der Waals surface area contributed by atoms with E-state index in [0.29, 0.717) is 16.6 Å². The summed E-state index contributed by atoms with van der Waals surface area (Å²) in [6.45, 7) is 14.1. The van der Waals surface area contributed by atoms with Crippen LogP contribution in [-0.4, -0.2) is 14.4 Å². The summed E-state index contributed by atoms with van der Waals surface area (Å²) in [7, 11) is -1.81. The minimum atomic E-state index is -1.81. The first kappa shape index (κ1) is 18.0. The van der Waals surface area contributed by atoms with Crippen LogP contribution in [0.2, 0.25) is 16.6 Å². The summed E-state index contributed by atoms with van der Waals surface area (Å²) in [4.78, 5) is 0. The fourth-order valence-corrected chi connectivity index (χ4v) is 10.0. The first-order valence-electron chi connectivity index (χ1n) is 8.42. The summed E-state index contributed by atoms with van der Waals surface area (Å²) >= 11 is 3.55. The van der Waals surface area contributed by atoms with Crippen molar-refractivity contribution in [3.8, 4) is 0 Å². The van der Waals surface area contributed by atoms with Gasteiger partial charge in [0, 0.05) is 4.47 Å². The number of rotatable bonds is 5. The molecule has 1 unspecified atom stereocenters. The number of halogens is 1. The van der Waals surface area contributed by atoms with Crippen molar-refractivity contribution in [2.45, 2.75) is 70.7 Å². The standard InChI is InChI=1S/C19H29BrOSi/c1-13(2)22(14(3)4,15(5)6)21-19-10-8-16-11-18(20)9-7-17(16)12-19/h7-9,11-15,19H,10H2,1-6H3. The van der Waals surface area contributed by atoms with Gasteiger partial charge >= 0.3 is 0 Å². The van der Waals surface area contributed by atoms with Gasteiger partial charge in [0.15, 0.2) is 0 Å². The highest BCUT2D eigenvalue weighted by Crippen LogP contribution is 2.43. The summed E-state index contributed by atoms with van der Waals surface area (Å²) in [6, 6.07) is 6.50. The van der Waals surface area contributed by atoms with Gasteiger partial charge in [-0.15, -0.1) is 0 Å². The van der Waals surface area contributed by atoms with Crippen LogP contribution in [0.4, 0.5) is 0 Å². The van der Waals surface area contributed by atoms with Crippen molar-refractivity contribution in [2.24, 2.45) is 0 Å². The molecule has 0 amide bonds. The minimum absolute atomic E-state index is 0.229. The topological polar surface area (TPSA) is 9.23 Å². The molecule has 1 aromatic carbocycles. The lowest BCUT2D eigenvalue weighted by atomic mass is 10.1. The van der Waals surface area contributed by atoms with Crippen molar-refractivity contribution in [3.63, 3.8) is 0 Å². The third-order valence-electron chi connectivity index (χ3n) is 5.05. The lowest BCUT2D eigenvalue weighted by Gasteiger charge is -2.44. The molecule has 1 aliphatic carbocycles. The second-order valence-corrected chi connectivity index (χ2v) is 13.7. The molecule has 0 fully saturated rings. The molecule has 0 saturated heterocycles. The molecule has 0 N–H and O–H groups in total. The maximum atomic E-state index is 6.89. The van der Waals surface area contributed by atoms with Gasteiger partial charge in [-0.2, -0.15) is 0 Å². The number of hydrogen-bond donors (Lipinski definition) is 0. The monoisotopic (exact) mass is 380 g/mol. The fourth-order valence-electron chi connectivity index (χ4n) is 4.14. The smallest absolute Gasteiger partial charge is 0.201 e. The van der Waals surface area contributed by atoms with E-state index in [4.69, 9.17) is 4.43 Å². The Bertz CT molecular complexity index is 612. The van der Waals surface area contributed by atoms with E-state index in [1.54, 1.807) is 0 Å². The van der Waals surface area contributed by atoms with Gasteiger partial charge in [0.1, 0.15) is 0 Å². The summed E-state index contributed by atoms with van der Waals surface area (Å²) in [5.41, 5.74) is 1.90. The second kappa shape index (κ2) is 7.02. The van der Waals surface area contributed by atoms with E-state index < -0.39 is 8.32 Å². The van der Waals surface area contributed by atoms with Gasteiger partial charge in [-0.25, -0.2) is 0 Å². The minimum Gasteiger partial charge on any atom is -0.409 e. The molecule has 1 aromatic rings. The summed E-state index contributed by atoms with van der Waals surface area (Å²) in [5, 5.41) is 2.62. The zero-order valence-corrected chi connectivity index (χ0v) is 17.3. The number of benzene rings is 1. The van der Waals surface area contributed by atoms with Gasteiger partial charge in [-0.1, -0.05) is 69.6 Å². The fraction of sp³-hybridized carbons (Fsp3) is 0.579. The zero-order valence-electron chi connectivity index (χ0n) is 14.7. The van der Waals surface area contributed by atoms with E-state index in [1.807, 2.05) is 0 Å². The maximum absolute atomic E-state index is 6.89. The Labute approximate surface area is 144 Å². The van der Waals surface area contributed by atoms with Gasteiger partial charge in [-0.3, -0.25) is 0 Å². The Morgan fingerprint density at radius 2 is 1.59 bits per heavy atom. The third kappa shape index (κ3) is 3.42. The van der Waals surface area contributed by atoms with E-state index in [0.717, 1.165) is 10.9 Å². The summed E-state index contributed by atoms with van der Waals surface area (Å²) in [5.74, 6) is 0. The van der Waals surface area contributed by atoms with Crippen LogP contribution in [0.3, 0.4) is 0 Å². The van der Waals surface area contributed by atoms with Gasteiger partial charge in [0.05, 0.1) is 6.10 Å². The van der Waals surface area contributed by atoms with E-state index in [2.05, 4.69) is 87.8 Å². The van der Waals surface area contributed by atoms with E-state index in [-0.39, 0.29) is 6.10 Å². The highest BCUT2D eigenvalue weighted by Gasteiger charge is 2.46. The Kier molecular flexibility index (Phi) is 5.73. The van der Waals surface area contributed by atoms with Crippen LogP contribution in [0.15, 0.2) is 22.7 Å². The molecule has 1 nitrogen and oxygen atoms in total. The second-order valence-electron chi connectivity index (χ2n) is 7.35. The first-order chi connectivity index (χ1) is 10.3. The van der Waals surface area contributed by atoms with Crippen LogP contribution >= 0.6 is 15.9 Å². The van der Waals surface area contributed by atoms with Crippen molar-refractivity contribution in [3.05, 3.63) is 33.1 Å². The Morgan fingerprint density at radius 3 is 2.14 bits per heavy atom. The molecule has 2 rings (SSSR count). The van der Waals surface area contributed by atoms with Crippen LogP contribution in [0.5, 0.6) is 0 Å². The van der Waals surface area contributed by atoms with Gasteiger partial charge in [0.2, 0.25) is 8.32 Å². The molecule has 122 valence electrons. The molecule has 1 atom stereocenters. The van der Waals surface area contributed by atoms with Gasteiger partial charge in [0.25, 0.3) is 0 Å². The van der Waals surface area contributed by atoms with Crippen LogP contribution in [-0.2, 0) is 4.43 Å². The van der Waals surface area contributed by atoms with Crippen molar-refractivity contribution in [1.29, 1.82) is 0 Å². The molecule has 0 aromatic heterocycles. The number of fused-ring (bicyclic) bond motifs is 1. The molecule has 0 spiro atoms. The van der Waals surface area contributed by atoms with Crippen molar-refractivity contribution < 1.29 is 4.43 Å². The molecule has 0 radical (unpaired) electrons. The maximum Gasteiger partial charge on any atom is 0.201 e. The highest BCUT2D eigenvalue weighted by atomic mass is 79.9. The predicted molar refractivity (Wildman–Crippen MR) is 103 cm³/mol. The molecule has 3 heteroatoms. The molecular weight excluding hydrogens is 352 g/mol. The van der Waals surface area contributed by atoms with Crippen LogP contribution in [0.1, 0.15) is 48.0 Å². The Hall–Kier alpha value is -0.383. The Balaban J connectivity index is 2.35. The van der Waals surface area contributed by atoms with Gasteiger partial charge < -0.3 is 4.43 Å². The Morgan fingerprint density at radius 1 is 1.00 bits per heavy atom. The quantitative estimate of drug-likeness (QED) is 0.654. The average molecular weight is 381 g/mol. The van der Waals surface area contributed by atoms with E-state index in [9.17, 15) is 0 Å². The predicted octanol–water partition coefficient (Wildman–Crippen LogP) is 4.97. The average Bonchev–Trinajstić information content (AvgIpc) is 2.43. The largest absolute Gasteiger partial charge is 0.409 e. The molecule has 0 bridgehead atoms. The lowest BCUT2D eigenvalue weighted by Crippen LogP contribution is -2.50. The van der Waals surface area contributed by atoms with Crippen molar-refractivity contribution in [1.82, 2.24) is 0 Å². The van der Waals surface area contributed by atoms with Gasteiger partial charge in [-0.05, 0) is 51.7 Å². The van der Waals surface area contributed by atoms with E-state index >= 15 is 0 Å². The van der Waals surface area contributed by atoms with Crippen LogP contribution in [0.25, 0.3) is 12.2 Å². The first-order valence-corrected chi connectivity index (χ1v) is 11.4. The normalized spacial score (nSPS) is 18.4. The number of hydrogen-bond acceptors (Lipinski definition) is 1. The molecule has 22 heavy (non-hydrogen) atoms. The van der Waals surface area contributed by atoms with Crippen molar-refractivity contribution in [2.75, 3.05) is 0 Å². The van der Waals surface area contributed by atoms with Crippen molar-refractivity contribution >= 4 is 36.4 Å². The SMILES string of the molecule is CC(C)[Si](OC1C=c2ccc(Br)cc2=CC1)(C(C)C)C(C)C. The molecule has 1 aliphatic rings. The highest BCUT2D eigenvalue weighted by molar-refractivity contribution is 9.10. The summed E-state index contributed by atoms with van der Waals surface area (Å²) in [6.07, 6.45) is 5.87. The lowest BCUT2D eigenvalue weighted by molar-refractivity contribution is 0.234.